The Morgan fingerprint density at radius 1 is 0.607 bits per heavy atom. The van der Waals surface area contributed by atoms with Crippen molar-refractivity contribution >= 4 is 32.7 Å². The van der Waals surface area contributed by atoms with E-state index >= 15 is 0 Å². The molecule has 0 fully saturated rings. The molecule has 1 heterocycles. The van der Waals surface area contributed by atoms with Gasteiger partial charge in [0.05, 0.1) is 0 Å². The Bertz CT molecular complexity index is 1200. The maximum absolute atomic E-state index is 10.9. The number of phenolic OH excluding ortho intramolecular Hbond substituents is 1. The number of rotatable bonds is 0. The first kappa shape index (κ1) is 19.1. The van der Waals surface area contributed by atoms with Crippen LogP contribution in [0.15, 0.2) is 28.7 Å². The summed E-state index contributed by atoms with van der Waals surface area (Å²) in [5.74, 6) is 0.235. The normalized spacial score (nSPS) is 14.0. The lowest BCUT2D eigenvalue weighted by Crippen LogP contribution is -2.17. The molecule has 0 aliphatic carbocycles. The molecule has 0 spiro atoms. The summed E-state index contributed by atoms with van der Waals surface area (Å²) in [6.45, 7) is 20.0. The molecule has 3 aromatic carbocycles. The van der Waals surface area contributed by atoms with Crippen molar-refractivity contribution in [2.75, 3.05) is 0 Å². The number of benzene rings is 3. The third-order valence-corrected chi connectivity index (χ3v) is 5.91. The van der Waals surface area contributed by atoms with Crippen molar-refractivity contribution in [2.24, 2.45) is 0 Å². The van der Waals surface area contributed by atoms with E-state index in [-0.39, 0.29) is 22.0 Å². The van der Waals surface area contributed by atoms with E-state index in [9.17, 15) is 5.11 Å². The van der Waals surface area contributed by atoms with Crippen molar-refractivity contribution in [3.8, 4) is 5.75 Å². The highest BCUT2D eigenvalue weighted by atomic mass is 16.4. The van der Waals surface area contributed by atoms with Gasteiger partial charge >= 0.3 is 0 Å². The molecule has 0 unspecified atom stereocenters. The van der Waals surface area contributed by atoms with Gasteiger partial charge in [-0.3, -0.25) is 0 Å². The molecule has 0 bridgehead atoms. The Morgan fingerprint density at radius 3 is 1.50 bits per heavy atom. The zero-order valence-corrected chi connectivity index (χ0v) is 18.7. The van der Waals surface area contributed by atoms with E-state index < -0.39 is 0 Å². The average Bonchev–Trinajstić information content (AvgIpc) is 2.92. The Morgan fingerprint density at radius 2 is 1.04 bits per heavy atom. The van der Waals surface area contributed by atoms with Crippen molar-refractivity contribution in [3.05, 3.63) is 41.0 Å². The van der Waals surface area contributed by atoms with Crippen LogP contribution in [0.3, 0.4) is 0 Å². The van der Waals surface area contributed by atoms with Gasteiger partial charge in [0.15, 0.2) is 11.3 Å². The van der Waals surface area contributed by atoms with Crippen LogP contribution in [0, 0.1) is 0 Å². The van der Waals surface area contributed by atoms with E-state index in [1.54, 1.807) is 0 Å². The third-order valence-electron chi connectivity index (χ3n) is 5.91. The maximum Gasteiger partial charge on any atom is 0.177 e. The van der Waals surface area contributed by atoms with Gasteiger partial charge in [-0.05, 0) is 44.2 Å². The molecule has 0 radical (unpaired) electrons. The summed E-state index contributed by atoms with van der Waals surface area (Å²) in [7, 11) is 0. The van der Waals surface area contributed by atoms with Gasteiger partial charge in [0.1, 0.15) is 5.58 Å². The molecule has 4 rings (SSSR count). The van der Waals surface area contributed by atoms with Crippen molar-refractivity contribution in [1.29, 1.82) is 0 Å². The van der Waals surface area contributed by atoms with Gasteiger partial charge in [-0.1, -0.05) is 80.5 Å². The second-order valence-corrected chi connectivity index (χ2v) is 11.3. The topological polar surface area (TPSA) is 33.4 Å². The van der Waals surface area contributed by atoms with Gasteiger partial charge in [0.2, 0.25) is 0 Å². The van der Waals surface area contributed by atoms with Crippen LogP contribution in [0.5, 0.6) is 5.75 Å². The first-order valence-corrected chi connectivity index (χ1v) is 10.2. The molecule has 148 valence electrons. The van der Waals surface area contributed by atoms with Gasteiger partial charge < -0.3 is 9.52 Å². The summed E-state index contributed by atoms with van der Waals surface area (Å²) in [6.07, 6.45) is 0. The van der Waals surface area contributed by atoms with Crippen molar-refractivity contribution in [1.82, 2.24) is 0 Å². The van der Waals surface area contributed by atoms with E-state index in [1.807, 2.05) is 6.07 Å². The lowest BCUT2D eigenvalue weighted by molar-refractivity contribution is 0.464. The number of furan rings is 1. The lowest BCUT2D eigenvalue weighted by Gasteiger charge is -2.27. The highest BCUT2D eigenvalue weighted by Crippen LogP contribution is 2.49. The largest absolute Gasteiger partial charge is 0.504 e. The van der Waals surface area contributed by atoms with Gasteiger partial charge in [-0.2, -0.15) is 0 Å². The van der Waals surface area contributed by atoms with Crippen molar-refractivity contribution in [2.45, 2.75) is 78.6 Å². The van der Waals surface area contributed by atoms with Gasteiger partial charge in [-0.15, -0.1) is 0 Å². The molecule has 1 N–H and O–H groups in total. The minimum Gasteiger partial charge on any atom is -0.504 e. The molecule has 0 atom stereocenters. The van der Waals surface area contributed by atoms with Crippen LogP contribution in [0.2, 0.25) is 0 Å². The highest BCUT2D eigenvalue weighted by molar-refractivity contribution is 6.25. The smallest absolute Gasteiger partial charge is 0.177 e. The number of phenols is 1. The molecular formula is C26H32O2. The summed E-state index contributed by atoms with van der Waals surface area (Å²) in [4.78, 5) is 0. The molecule has 2 nitrogen and oxygen atoms in total. The summed E-state index contributed by atoms with van der Waals surface area (Å²) >= 11 is 0. The van der Waals surface area contributed by atoms with E-state index in [0.717, 1.165) is 21.9 Å². The summed E-state index contributed by atoms with van der Waals surface area (Å²) in [5.41, 5.74) is 5.09. The van der Waals surface area contributed by atoms with E-state index in [1.165, 1.54) is 21.9 Å². The second kappa shape index (κ2) is 5.43. The molecule has 0 aliphatic heterocycles. The molecule has 0 amide bonds. The minimum absolute atomic E-state index is 0.0125. The van der Waals surface area contributed by atoms with Crippen LogP contribution in [-0.4, -0.2) is 5.11 Å². The Balaban J connectivity index is 2.33. The Kier molecular flexibility index (Phi) is 3.71. The predicted octanol–water partition coefficient (Wildman–Crippen LogP) is 7.78. The fraction of sp³-hybridized carbons (Fsp3) is 0.462. The molecule has 2 heteroatoms. The summed E-state index contributed by atoms with van der Waals surface area (Å²) < 4.78 is 6.39. The number of hydrogen-bond acceptors (Lipinski definition) is 2. The number of aromatic hydroxyl groups is 1. The summed E-state index contributed by atoms with van der Waals surface area (Å²) in [6, 6.07) is 8.67. The van der Waals surface area contributed by atoms with E-state index in [2.05, 4.69) is 80.5 Å². The molecule has 0 saturated carbocycles. The fourth-order valence-electron chi connectivity index (χ4n) is 4.46. The number of hydrogen-bond donors (Lipinski definition) is 1. The molecule has 1 aromatic heterocycles. The van der Waals surface area contributed by atoms with Crippen LogP contribution in [0.25, 0.3) is 32.7 Å². The fourth-order valence-corrected chi connectivity index (χ4v) is 4.46. The molecule has 0 saturated heterocycles. The van der Waals surface area contributed by atoms with Gasteiger partial charge in [0, 0.05) is 16.3 Å². The van der Waals surface area contributed by atoms with Crippen LogP contribution >= 0.6 is 0 Å². The lowest BCUT2D eigenvalue weighted by atomic mass is 9.76. The first-order valence-electron chi connectivity index (χ1n) is 10.2. The third kappa shape index (κ3) is 2.61. The summed E-state index contributed by atoms with van der Waals surface area (Å²) in [5, 5.41) is 15.5. The quantitative estimate of drug-likeness (QED) is 0.318. The molecular weight excluding hydrogens is 344 g/mol. The maximum atomic E-state index is 10.9. The zero-order chi connectivity index (χ0) is 20.8. The minimum atomic E-state index is -0.0685. The van der Waals surface area contributed by atoms with Crippen LogP contribution in [0.4, 0.5) is 0 Å². The van der Waals surface area contributed by atoms with Crippen LogP contribution in [-0.2, 0) is 16.2 Å². The van der Waals surface area contributed by atoms with E-state index in [4.69, 9.17) is 4.42 Å². The monoisotopic (exact) mass is 376 g/mol. The van der Waals surface area contributed by atoms with E-state index in [0.29, 0.717) is 5.58 Å². The van der Waals surface area contributed by atoms with Crippen molar-refractivity contribution in [3.63, 3.8) is 0 Å². The average molecular weight is 377 g/mol. The van der Waals surface area contributed by atoms with Crippen molar-refractivity contribution < 1.29 is 9.52 Å². The van der Waals surface area contributed by atoms with Crippen LogP contribution < -0.4 is 0 Å². The zero-order valence-electron chi connectivity index (χ0n) is 18.7. The van der Waals surface area contributed by atoms with Crippen LogP contribution in [0.1, 0.15) is 79.0 Å². The first-order chi connectivity index (χ1) is 12.7. The Labute approximate surface area is 167 Å². The highest BCUT2D eigenvalue weighted by Gasteiger charge is 2.31. The molecule has 4 aromatic rings. The van der Waals surface area contributed by atoms with Gasteiger partial charge in [0.25, 0.3) is 0 Å². The molecule has 28 heavy (non-hydrogen) atoms. The molecule has 0 aliphatic rings. The SMILES string of the molecule is CC(C)(C)c1cc(O)c2oc3c(C(C)(C)C)cc(C(C)(C)C)c4ccc1c2c43. The standard InChI is InChI=1S/C26H32O2/c1-24(2,3)16-12-18(26(7,8)9)22-20-14(16)10-11-15-17(25(4,5)6)13-19(27)23(28-22)21(15)20/h10-13,27H,1-9H3. The predicted molar refractivity (Wildman–Crippen MR) is 120 cm³/mol. The Hall–Kier alpha value is -2.22. The van der Waals surface area contributed by atoms with Gasteiger partial charge in [-0.25, -0.2) is 0 Å². The second-order valence-electron chi connectivity index (χ2n) is 11.3.